The fourth-order valence-corrected chi connectivity index (χ4v) is 5.54. The number of carbonyl (C=O) groups is 3. The lowest BCUT2D eigenvalue weighted by Gasteiger charge is -2.14. The number of hydrogen-bond donors (Lipinski definition) is 3. The largest absolute Gasteiger partial charge is 0.436 e. The number of aromatic nitrogens is 1. The van der Waals surface area contributed by atoms with Crippen LogP contribution in [-0.4, -0.2) is 28.0 Å². The van der Waals surface area contributed by atoms with Crippen molar-refractivity contribution in [2.45, 2.75) is 17.1 Å². The van der Waals surface area contributed by atoms with Crippen molar-refractivity contribution in [1.82, 2.24) is 10.3 Å². The highest BCUT2D eigenvalue weighted by Crippen LogP contribution is 2.28. The van der Waals surface area contributed by atoms with Crippen molar-refractivity contribution in [3.63, 3.8) is 0 Å². The Balaban J connectivity index is 1.06. The predicted octanol–water partition coefficient (Wildman–Crippen LogP) is 8.16. The third kappa shape index (κ3) is 8.04. The second-order valence-electron chi connectivity index (χ2n) is 10.7. The smallest absolute Gasteiger partial charge is 0.272 e. The number of thioether (sulfide) groups is 1. The second kappa shape index (κ2) is 14.6. The number of halogens is 1. The van der Waals surface area contributed by atoms with Gasteiger partial charge in [-0.05, 0) is 103 Å². The van der Waals surface area contributed by atoms with Gasteiger partial charge < -0.3 is 20.4 Å². The van der Waals surface area contributed by atoms with Gasteiger partial charge in [-0.15, -0.1) is 11.8 Å². The van der Waals surface area contributed by atoms with Crippen LogP contribution in [0.25, 0.3) is 28.6 Å². The van der Waals surface area contributed by atoms with Crippen molar-refractivity contribution in [3.05, 3.63) is 150 Å². The van der Waals surface area contributed by atoms with Gasteiger partial charge in [-0.25, -0.2) is 9.37 Å². The van der Waals surface area contributed by atoms with Crippen molar-refractivity contribution >= 4 is 58.0 Å². The third-order valence-electron chi connectivity index (χ3n) is 7.20. The molecule has 1 unspecified atom stereocenters. The third-order valence-corrected chi connectivity index (χ3v) is 8.31. The number of nitrogens with one attached hydrogen (secondary N) is 3. The Morgan fingerprint density at radius 2 is 1.42 bits per heavy atom. The van der Waals surface area contributed by atoms with E-state index in [9.17, 15) is 18.8 Å². The molecule has 6 aromatic rings. The van der Waals surface area contributed by atoms with Gasteiger partial charge in [-0.3, -0.25) is 14.4 Å². The number of amides is 3. The molecule has 0 saturated carbocycles. The Bertz CT molecular complexity index is 2060. The van der Waals surface area contributed by atoms with Gasteiger partial charge in [0.15, 0.2) is 5.58 Å². The van der Waals surface area contributed by atoms with E-state index < -0.39 is 22.9 Å². The van der Waals surface area contributed by atoms with E-state index in [1.165, 1.54) is 42.1 Å². The Kier molecular flexibility index (Phi) is 9.73. The Morgan fingerprint density at radius 1 is 0.771 bits per heavy atom. The first-order valence-corrected chi connectivity index (χ1v) is 15.9. The van der Waals surface area contributed by atoms with Crippen LogP contribution in [0.3, 0.4) is 0 Å². The highest BCUT2D eigenvalue weighted by Gasteiger charge is 2.17. The summed E-state index contributed by atoms with van der Waals surface area (Å²) in [5.41, 5.74) is 4.33. The molecule has 0 aliphatic heterocycles. The summed E-state index contributed by atoms with van der Waals surface area (Å²) >= 11 is 1.37. The highest BCUT2D eigenvalue weighted by molar-refractivity contribution is 8.00. The lowest BCUT2D eigenvalue weighted by molar-refractivity contribution is -0.115. The van der Waals surface area contributed by atoms with E-state index in [-0.39, 0.29) is 11.6 Å². The minimum Gasteiger partial charge on any atom is -0.436 e. The Morgan fingerprint density at radius 3 is 2.12 bits per heavy atom. The maximum Gasteiger partial charge on any atom is 0.272 e. The van der Waals surface area contributed by atoms with Gasteiger partial charge in [0.2, 0.25) is 11.8 Å². The maximum atomic E-state index is 13.5. The molecule has 3 N–H and O–H groups in total. The number of benzene rings is 5. The van der Waals surface area contributed by atoms with Gasteiger partial charge in [0.05, 0.1) is 5.25 Å². The second-order valence-corrected chi connectivity index (χ2v) is 12.1. The molecule has 10 heteroatoms. The number of carbonyl (C=O) groups excluding carboxylic acids is 3. The van der Waals surface area contributed by atoms with Crippen LogP contribution < -0.4 is 16.0 Å². The lowest BCUT2D eigenvalue weighted by Crippen LogP contribution is -2.30. The molecule has 0 aliphatic carbocycles. The number of para-hydroxylation sites is 2. The Labute approximate surface area is 280 Å². The normalized spacial score (nSPS) is 11.9. The molecule has 0 spiro atoms. The van der Waals surface area contributed by atoms with Crippen LogP contribution in [0.5, 0.6) is 0 Å². The molecule has 6 rings (SSSR count). The summed E-state index contributed by atoms with van der Waals surface area (Å²) in [6, 6.07) is 35.9. The average Bonchev–Trinajstić information content (AvgIpc) is 3.55. The van der Waals surface area contributed by atoms with E-state index in [0.29, 0.717) is 34.0 Å². The molecular weight excluding hydrogens is 628 g/mol. The summed E-state index contributed by atoms with van der Waals surface area (Å²) in [7, 11) is 0. The number of anilines is 2. The highest BCUT2D eigenvalue weighted by atomic mass is 32.2. The topological polar surface area (TPSA) is 113 Å². The summed E-state index contributed by atoms with van der Waals surface area (Å²) in [5.74, 6) is -1.09. The minimum atomic E-state index is -0.557. The molecular formula is C38H29FN4O4S. The van der Waals surface area contributed by atoms with Crippen LogP contribution in [0, 0.1) is 5.82 Å². The van der Waals surface area contributed by atoms with Crippen molar-refractivity contribution < 1.29 is 23.2 Å². The minimum absolute atomic E-state index is 0.0129. The molecule has 0 fully saturated rings. The maximum absolute atomic E-state index is 13.5. The summed E-state index contributed by atoms with van der Waals surface area (Å²) in [6.07, 6.45) is 1.48. The molecule has 0 saturated heterocycles. The van der Waals surface area contributed by atoms with Crippen LogP contribution in [0.4, 0.5) is 15.8 Å². The van der Waals surface area contributed by atoms with Gasteiger partial charge in [0.25, 0.3) is 11.8 Å². The Hall–Kier alpha value is -6.00. The average molecular weight is 657 g/mol. The summed E-state index contributed by atoms with van der Waals surface area (Å²) in [4.78, 5) is 44.4. The predicted molar refractivity (Wildman–Crippen MR) is 187 cm³/mol. The van der Waals surface area contributed by atoms with E-state index >= 15 is 0 Å². The molecule has 1 aromatic heterocycles. The summed E-state index contributed by atoms with van der Waals surface area (Å²) in [5, 5.41) is 7.98. The van der Waals surface area contributed by atoms with Gasteiger partial charge in [0, 0.05) is 27.4 Å². The first-order valence-electron chi connectivity index (χ1n) is 15.0. The van der Waals surface area contributed by atoms with E-state index in [2.05, 4.69) is 20.9 Å². The van der Waals surface area contributed by atoms with E-state index in [0.717, 1.165) is 16.0 Å². The number of rotatable bonds is 10. The van der Waals surface area contributed by atoms with Gasteiger partial charge in [-0.1, -0.05) is 42.5 Å². The fourth-order valence-electron chi connectivity index (χ4n) is 4.68. The molecule has 48 heavy (non-hydrogen) atoms. The molecule has 0 radical (unpaired) electrons. The molecule has 8 nitrogen and oxygen atoms in total. The summed E-state index contributed by atoms with van der Waals surface area (Å²) in [6.45, 7) is 1.81. The zero-order chi connectivity index (χ0) is 33.5. The zero-order valence-corrected chi connectivity index (χ0v) is 26.5. The van der Waals surface area contributed by atoms with Crippen LogP contribution in [0.1, 0.15) is 22.8 Å². The fraction of sp³-hybridized carbons (Fsp3) is 0.0526. The van der Waals surface area contributed by atoms with Crippen LogP contribution in [-0.2, 0) is 9.59 Å². The molecule has 238 valence electrons. The number of oxazole rings is 1. The van der Waals surface area contributed by atoms with Crippen LogP contribution in [0.15, 0.2) is 142 Å². The van der Waals surface area contributed by atoms with Crippen molar-refractivity contribution in [2.24, 2.45) is 0 Å². The quantitative estimate of drug-likeness (QED) is 0.101. The first-order chi connectivity index (χ1) is 23.3. The molecule has 1 heterocycles. The van der Waals surface area contributed by atoms with Crippen LogP contribution in [0.2, 0.25) is 0 Å². The molecule has 0 bridgehead atoms. The van der Waals surface area contributed by atoms with Gasteiger partial charge in [-0.2, -0.15) is 0 Å². The van der Waals surface area contributed by atoms with Crippen molar-refractivity contribution in [1.29, 1.82) is 0 Å². The molecule has 3 amide bonds. The standard InChI is InChI=1S/C38H29FN4O4S/c1-24(35(44)40-29-17-13-27(14-18-29)38-43-32-9-5-6-10-34(32)47-38)48-31-21-19-30(20-22-31)41-37(46)33(23-25-11-15-28(39)16-12-25)42-36(45)26-7-3-2-4-8-26/h2-24H,1H3,(H,40,44)(H,41,46)(H,42,45)/b33-23-. The molecule has 5 aromatic carbocycles. The molecule has 1 atom stereocenters. The number of hydrogen-bond acceptors (Lipinski definition) is 6. The zero-order valence-electron chi connectivity index (χ0n) is 25.6. The van der Waals surface area contributed by atoms with Crippen molar-refractivity contribution in [3.8, 4) is 11.5 Å². The van der Waals surface area contributed by atoms with Gasteiger partial charge >= 0.3 is 0 Å². The number of fused-ring (bicyclic) bond motifs is 1. The molecule has 0 aliphatic rings. The van der Waals surface area contributed by atoms with E-state index in [4.69, 9.17) is 4.42 Å². The monoisotopic (exact) mass is 656 g/mol. The van der Waals surface area contributed by atoms with E-state index in [1.807, 2.05) is 43.3 Å². The van der Waals surface area contributed by atoms with Crippen molar-refractivity contribution in [2.75, 3.05) is 10.6 Å². The number of nitrogens with zero attached hydrogens (tertiary/aromatic N) is 1. The lowest BCUT2D eigenvalue weighted by atomic mass is 10.1. The first kappa shape index (κ1) is 32.0. The SMILES string of the molecule is CC(Sc1ccc(NC(=O)/C(=C/c2ccc(F)cc2)NC(=O)c2ccccc2)cc1)C(=O)Nc1ccc(-c2nc3ccccc3o2)cc1. The van der Waals surface area contributed by atoms with Gasteiger partial charge in [0.1, 0.15) is 17.0 Å². The summed E-state index contributed by atoms with van der Waals surface area (Å²) < 4.78 is 19.3. The van der Waals surface area contributed by atoms with E-state index in [1.54, 1.807) is 66.7 Å². The van der Waals surface area contributed by atoms with Crippen LogP contribution >= 0.6 is 11.8 Å².